The first-order valence-electron chi connectivity index (χ1n) is 11.4. The maximum Gasteiger partial charge on any atom is 0.365 e. The van der Waals surface area contributed by atoms with Crippen LogP contribution in [0.25, 0.3) is 22.6 Å². The minimum absolute atomic E-state index is 0.138. The van der Waals surface area contributed by atoms with Gasteiger partial charge in [-0.25, -0.2) is 13.8 Å². The highest BCUT2D eigenvalue weighted by Gasteiger charge is 2.50. The Kier molecular flexibility index (Phi) is 5.15. The summed E-state index contributed by atoms with van der Waals surface area (Å²) in [5.41, 5.74) is 1.58. The molecule has 1 spiro atoms. The summed E-state index contributed by atoms with van der Waals surface area (Å²) in [6, 6.07) is 5.36. The SMILES string of the molecule is Cn1nccc1Nc1cc(-c2cc3n(c2)CC2(CCC2)Cn2c-3nnc2C(F)(F)C(F)F)c(Cl)cn1. The Morgan fingerprint density at radius 2 is 1.97 bits per heavy atom. The number of aryl methyl sites for hydroxylation is 1. The van der Waals surface area contributed by atoms with Crippen LogP contribution in [0.15, 0.2) is 36.8 Å². The summed E-state index contributed by atoms with van der Waals surface area (Å²) < 4.78 is 60.1. The van der Waals surface area contributed by atoms with Crippen molar-refractivity contribution < 1.29 is 17.6 Å². The van der Waals surface area contributed by atoms with Crippen molar-refractivity contribution >= 4 is 23.2 Å². The number of hydrogen-bond acceptors (Lipinski definition) is 5. The molecule has 1 aliphatic heterocycles. The molecule has 4 aromatic rings. The number of nitrogens with zero attached hydrogens (tertiary/aromatic N) is 7. The van der Waals surface area contributed by atoms with Gasteiger partial charge in [-0.3, -0.25) is 4.68 Å². The van der Waals surface area contributed by atoms with Gasteiger partial charge >= 0.3 is 12.3 Å². The van der Waals surface area contributed by atoms with Crippen molar-refractivity contribution in [3.63, 3.8) is 0 Å². The van der Waals surface area contributed by atoms with Gasteiger partial charge in [-0.1, -0.05) is 18.0 Å². The molecule has 188 valence electrons. The summed E-state index contributed by atoms with van der Waals surface area (Å²) in [5, 5.41) is 15.2. The smallest absolute Gasteiger partial charge is 0.344 e. The Morgan fingerprint density at radius 3 is 2.64 bits per heavy atom. The van der Waals surface area contributed by atoms with Crippen molar-refractivity contribution in [3.05, 3.63) is 47.6 Å². The van der Waals surface area contributed by atoms with E-state index in [2.05, 4.69) is 25.6 Å². The fourth-order valence-corrected chi connectivity index (χ4v) is 5.27. The lowest BCUT2D eigenvalue weighted by atomic mass is 9.68. The summed E-state index contributed by atoms with van der Waals surface area (Å²) in [4.78, 5) is 4.33. The van der Waals surface area contributed by atoms with Crippen molar-refractivity contribution in [2.24, 2.45) is 12.5 Å². The molecule has 0 saturated heterocycles. The molecule has 0 amide bonds. The second kappa shape index (κ2) is 8.05. The summed E-state index contributed by atoms with van der Waals surface area (Å²) in [7, 11) is 1.79. The molecule has 1 saturated carbocycles. The first kappa shape index (κ1) is 23.0. The van der Waals surface area contributed by atoms with E-state index in [1.165, 1.54) is 10.8 Å². The molecule has 2 aliphatic rings. The lowest BCUT2D eigenvalue weighted by molar-refractivity contribution is -0.143. The van der Waals surface area contributed by atoms with Crippen LogP contribution < -0.4 is 5.32 Å². The summed E-state index contributed by atoms with van der Waals surface area (Å²) in [6.07, 6.45) is 3.73. The second-order valence-corrected chi connectivity index (χ2v) is 9.87. The third-order valence-electron chi connectivity index (χ3n) is 7.11. The van der Waals surface area contributed by atoms with E-state index in [1.807, 2.05) is 10.8 Å². The lowest BCUT2D eigenvalue weighted by Crippen LogP contribution is -2.39. The standard InChI is InChI=1S/C23H21ClF4N8/c1-34-18(3-6-30-34)31-17-8-14(15(24)9-29-17)13-7-16-19-32-33-21(23(27,28)20(25)26)36(19)12-22(4-2-5-22)11-35(16)10-13/h3,6-10,20H,2,4-5,11-12H2,1H3,(H,29,31). The first-order valence-corrected chi connectivity index (χ1v) is 11.8. The molecule has 1 N–H and O–H groups in total. The number of halogens is 5. The number of anilines is 2. The van der Waals surface area contributed by atoms with Crippen molar-refractivity contribution in [2.75, 3.05) is 5.32 Å². The number of rotatable bonds is 5. The molecule has 1 fully saturated rings. The number of aromatic nitrogens is 7. The number of alkyl halides is 4. The predicted octanol–water partition coefficient (Wildman–Crippen LogP) is 5.48. The van der Waals surface area contributed by atoms with E-state index in [4.69, 9.17) is 11.6 Å². The minimum atomic E-state index is -4.40. The normalized spacial score (nSPS) is 16.5. The summed E-state index contributed by atoms with van der Waals surface area (Å²) in [6.45, 7) is 0.715. The molecule has 0 atom stereocenters. The van der Waals surface area contributed by atoms with E-state index in [-0.39, 0.29) is 17.8 Å². The largest absolute Gasteiger partial charge is 0.365 e. The Balaban J connectivity index is 1.45. The zero-order valence-corrected chi connectivity index (χ0v) is 19.9. The zero-order valence-electron chi connectivity index (χ0n) is 19.1. The molecule has 0 radical (unpaired) electrons. The molecule has 0 aromatic carbocycles. The Hall–Kier alpha value is -3.41. The van der Waals surface area contributed by atoms with Crippen LogP contribution in [0.1, 0.15) is 25.1 Å². The van der Waals surface area contributed by atoms with Crippen LogP contribution in [0.3, 0.4) is 0 Å². The summed E-state index contributed by atoms with van der Waals surface area (Å²) >= 11 is 6.50. The third kappa shape index (κ3) is 3.57. The molecule has 4 aromatic heterocycles. The Labute approximate surface area is 207 Å². The zero-order chi connectivity index (χ0) is 25.2. The van der Waals surface area contributed by atoms with Gasteiger partial charge in [0.25, 0.3) is 0 Å². The van der Waals surface area contributed by atoms with Crippen molar-refractivity contribution in [1.29, 1.82) is 0 Å². The van der Waals surface area contributed by atoms with E-state index < -0.39 is 18.2 Å². The molecule has 0 bridgehead atoms. The molecule has 8 nitrogen and oxygen atoms in total. The van der Waals surface area contributed by atoms with Crippen molar-refractivity contribution in [3.8, 4) is 22.6 Å². The van der Waals surface area contributed by atoms with Gasteiger partial charge in [0, 0.05) is 55.1 Å². The molecule has 6 rings (SSSR count). The number of fused-ring (bicyclic) bond motifs is 3. The topological polar surface area (TPSA) is 78.4 Å². The Morgan fingerprint density at radius 1 is 1.17 bits per heavy atom. The highest BCUT2D eigenvalue weighted by Crippen LogP contribution is 2.49. The highest BCUT2D eigenvalue weighted by molar-refractivity contribution is 6.33. The molecule has 0 unspecified atom stereocenters. The lowest BCUT2D eigenvalue weighted by Gasteiger charge is -2.42. The van der Waals surface area contributed by atoms with Gasteiger partial charge in [0.2, 0.25) is 5.82 Å². The van der Waals surface area contributed by atoms with E-state index in [1.54, 1.807) is 36.1 Å². The van der Waals surface area contributed by atoms with Gasteiger partial charge in [-0.2, -0.15) is 13.9 Å². The molecule has 36 heavy (non-hydrogen) atoms. The van der Waals surface area contributed by atoms with E-state index >= 15 is 0 Å². The predicted molar refractivity (Wildman–Crippen MR) is 124 cm³/mol. The van der Waals surface area contributed by atoms with Gasteiger partial charge in [0.1, 0.15) is 11.6 Å². The molecule has 5 heterocycles. The number of nitrogens with one attached hydrogen (secondary N) is 1. The molecule has 1 aliphatic carbocycles. The summed E-state index contributed by atoms with van der Waals surface area (Å²) in [5.74, 6) is -3.99. The molecular formula is C23H21ClF4N8. The maximum atomic E-state index is 14.4. The van der Waals surface area contributed by atoms with Crippen LogP contribution in [-0.2, 0) is 26.1 Å². The maximum absolute atomic E-state index is 14.4. The molecular weight excluding hydrogens is 500 g/mol. The van der Waals surface area contributed by atoms with Gasteiger partial charge in [0.15, 0.2) is 5.82 Å². The van der Waals surface area contributed by atoms with Crippen LogP contribution in [-0.4, -0.2) is 40.5 Å². The van der Waals surface area contributed by atoms with Crippen LogP contribution in [0, 0.1) is 5.41 Å². The fourth-order valence-electron chi connectivity index (χ4n) is 5.06. The van der Waals surface area contributed by atoms with Crippen LogP contribution in [0.5, 0.6) is 0 Å². The van der Waals surface area contributed by atoms with Gasteiger partial charge in [-0.05, 0) is 25.0 Å². The first-order chi connectivity index (χ1) is 17.2. The van der Waals surface area contributed by atoms with Crippen LogP contribution in [0.4, 0.5) is 29.2 Å². The third-order valence-corrected chi connectivity index (χ3v) is 7.41. The van der Waals surface area contributed by atoms with E-state index in [0.29, 0.717) is 28.6 Å². The van der Waals surface area contributed by atoms with Crippen molar-refractivity contribution in [1.82, 2.24) is 34.1 Å². The van der Waals surface area contributed by atoms with Gasteiger partial charge in [0.05, 0.1) is 16.9 Å². The highest BCUT2D eigenvalue weighted by atomic mass is 35.5. The minimum Gasteiger partial charge on any atom is -0.344 e. The van der Waals surface area contributed by atoms with Crippen LogP contribution in [0.2, 0.25) is 5.02 Å². The van der Waals surface area contributed by atoms with E-state index in [0.717, 1.165) is 30.6 Å². The average molecular weight is 521 g/mol. The fraction of sp³-hybridized carbons (Fsp3) is 0.391. The van der Waals surface area contributed by atoms with Crippen molar-refractivity contribution in [2.45, 2.75) is 44.7 Å². The second-order valence-electron chi connectivity index (χ2n) is 9.47. The monoisotopic (exact) mass is 520 g/mol. The number of pyridine rings is 1. The van der Waals surface area contributed by atoms with Gasteiger partial charge in [-0.15, -0.1) is 10.2 Å². The van der Waals surface area contributed by atoms with Gasteiger partial charge < -0.3 is 14.5 Å². The van der Waals surface area contributed by atoms with E-state index in [9.17, 15) is 17.6 Å². The quantitative estimate of drug-likeness (QED) is 0.353. The average Bonchev–Trinajstić information content (AvgIpc) is 3.51. The van der Waals surface area contributed by atoms with Crippen LogP contribution >= 0.6 is 11.6 Å². The number of hydrogen-bond donors (Lipinski definition) is 1. The Bertz CT molecular complexity index is 1450. The molecule has 13 heteroatoms.